The van der Waals surface area contributed by atoms with Gasteiger partial charge in [0.2, 0.25) is 0 Å². The highest BCUT2D eigenvalue weighted by atomic mass is 15.1. The van der Waals surface area contributed by atoms with Gasteiger partial charge in [-0.3, -0.25) is 0 Å². The summed E-state index contributed by atoms with van der Waals surface area (Å²) in [5.41, 5.74) is 15.3. The van der Waals surface area contributed by atoms with Crippen LogP contribution in [0.3, 0.4) is 0 Å². The Kier molecular flexibility index (Phi) is 8.95. The number of fused-ring (bicyclic) bond motifs is 2. The molecule has 268 valence electrons. The van der Waals surface area contributed by atoms with E-state index in [4.69, 9.17) is 0 Å². The summed E-state index contributed by atoms with van der Waals surface area (Å²) in [5, 5.41) is 4.98. The maximum Gasteiger partial charge on any atom is 0.0540 e. The van der Waals surface area contributed by atoms with Crippen LogP contribution in [0.4, 0.5) is 17.1 Å². The van der Waals surface area contributed by atoms with Crippen LogP contribution in [0.1, 0.15) is 0 Å². The zero-order valence-corrected chi connectivity index (χ0v) is 31.5. The quantitative estimate of drug-likeness (QED) is 0.151. The molecule has 10 rings (SSSR count). The average molecular weight is 726 g/mol. The lowest BCUT2D eigenvalue weighted by Gasteiger charge is -2.28. The highest BCUT2D eigenvalue weighted by Gasteiger charge is 2.19. The first-order valence-corrected chi connectivity index (χ1v) is 19.6. The molecular weight excluding hydrogens is 687 g/mol. The second-order valence-corrected chi connectivity index (χ2v) is 14.5. The summed E-state index contributed by atoms with van der Waals surface area (Å²) < 4.78 is 0. The van der Waals surface area contributed by atoms with Gasteiger partial charge in [-0.05, 0) is 102 Å². The molecule has 0 aromatic heterocycles. The fourth-order valence-corrected chi connectivity index (χ4v) is 8.32. The topological polar surface area (TPSA) is 3.24 Å². The van der Waals surface area contributed by atoms with Crippen molar-refractivity contribution in [1.82, 2.24) is 0 Å². The molecule has 1 nitrogen and oxygen atoms in total. The van der Waals surface area contributed by atoms with E-state index in [0.717, 1.165) is 22.6 Å². The molecule has 0 amide bonds. The number of hydrogen-bond donors (Lipinski definition) is 0. The van der Waals surface area contributed by atoms with E-state index in [1.165, 1.54) is 71.6 Å². The van der Waals surface area contributed by atoms with Gasteiger partial charge in [-0.1, -0.05) is 206 Å². The molecule has 1 heteroatoms. The Labute approximate surface area is 334 Å². The van der Waals surface area contributed by atoms with Crippen molar-refractivity contribution < 1.29 is 0 Å². The van der Waals surface area contributed by atoms with Gasteiger partial charge in [0.15, 0.2) is 0 Å². The van der Waals surface area contributed by atoms with Crippen molar-refractivity contribution in [3.05, 3.63) is 237 Å². The zero-order valence-electron chi connectivity index (χ0n) is 31.5. The summed E-state index contributed by atoms with van der Waals surface area (Å²) in [4.78, 5) is 2.41. The largest absolute Gasteiger partial charge is 0.310 e. The summed E-state index contributed by atoms with van der Waals surface area (Å²) in [5.74, 6) is 0. The van der Waals surface area contributed by atoms with Gasteiger partial charge in [0.05, 0.1) is 5.69 Å². The first kappa shape index (κ1) is 34.0. The maximum absolute atomic E-state index is 2.41. The standard InChI is InChI=1S/C56H39N/c1-3-15-40(16-4-1)41-29-31-44(32-30-41)52-25-11-12-28-55(52)57(49-23-13-22-47(39-49)51-27-14-21-42-17-7-9-24-50(42)51)48-36-33-45(34-37-48)54-38-35-43-18-8-10-26-53(43)56(54)46-19-5-2-6-20-46/h1-39H. The van der Waals surface area contributed by atoms with E-state index in [1.54, 1.807) is 0 Å². The fourth-order valence-electron chi connectivity index (χ4n) is 8.32. The van der Waals surface area contributed by atoms with E-state index in [1.807, 2.05) is 0 Å². The SMILES string of the molecule is c1ccc(-c2ccc(-c3ccccc3N(c3ccc(-c4ccc5ccccc5c4-c4ccccc4)cc3)c3cccc(-c4cccc5ccccc45)c3)cc2)cc1. The van der Waals surface area contributed by atoms with Crippen LogP contribution in [0.2, 0.25) is 0 Å². The van der Waals surface area contributed by atoms with E-state index in [9.17, 15) is 0 Å². The Bertz CT molecular complexity index is 2980. The van der Waals surface area contributed by atoms with Crippen molar-refractivity contribution in [1.29, 1.82) is 0 Å². The van der Waals surface area contributed by atoms with Crippen molar-refractivity contribution >= 4 is 38.6 Å². The predicted molar refractivity (Wildman–Crippen MR) is 243 cm³/mol. The van der Waals surface area contributed by atoms with Gasteiger partial charge >= 0.3 is 0 Å². The number of anilines is 3. The minimum atomic E-state index is 1.09. The minimum absolute atomic E-state index is 1.09. The van der Waals surface area contributed by atoms with Crippen LogP contribution < -0.4 is 4.90 Å². The lowest BCUT2D eigenvalue weighted by molar-refractivity contribution is 1.28. The molecule has 0 atom stereocenters. The second-order valence-electron chi connectivity index (χ2n) is 14.5. The van der Waals surface area contributed by atoms with E-state index in [-0.39, 0.29) is 0 Å². The van der Waals surface area contributed by atoms with E-state index in [2.05, 4.69) is 241 Å². The fraction of sp³-hybridized carbons (Fsp3) is 0. The number of nitrogens with zero attached hydrogens (tertiary/aromatic N) is 1. The molecule has 0 saturated heterocycles. The second kappa shape index (κ2) is 15.0. The maximum atomic E-state index is 2.41. The Morgan fingerprint density at radius 3 is 1.53 bits per heavy atom. The average Bonchev–Trinajstić information content (AvgIpc) is 3.30. The Morgan fingerprint density at radius 1 is 0.246 bits per heavy atom. The molecule has 57 heavy (non-hydrogen) atoms. The molecule has 10 aromatic rings. The van der Waals surface area contributed by atoms with E-state index >= 15 is 0 Å². The first-order valence-electron chi connectivity index (χ1n) is 19.6. The molecule has 0 aliphatic carbocycles. The lowest BCUT2D eigenvalue weighted by atomic mass is 9.89. The molecule has 0 unspecified atom stereocenters. The first-order chi connectivity index (χ1) is 28.3. The molecule has 0 fully saturated rings. The Morgan fingerprint density at radius 2 is 0.754 bits per heavy atom. The van der Waals surface area contributed by atoms with E-state index in [0.29, 0.717) is 0 Å². The summed E-state index contributed by atoms with van der Waals surface area (Å²) in [6, 6.07) is 85.6. The molecule has 0 saturated carbocycles. The monoisotopic (exact) mass is 725 g/mol. The van der Waals surface area contributed by atoms with Crippen LogP contribution in [0.5, 0.6) is 0 Å². The number of hydrogen-bond acceptors (Lipinski definition) is 1. The van der Waals surface area contributed by atoms with Gasteiger partial charge in [0.25, 0.3) is 0 Å². The van der Waals surface area contributed by atoms with Crippen molar-refractivity contribution in [2.45, 2.75) is 0 Å². The molecule has 0 aliphatic heterocycles. The Balaban J connectivity index is 1.12. The van der Waals surface area contributed by atoms with Crippen LogP contribution in [0, 0.1) is 0 Å². The third-order valence-corrected chi connectivity index (χ3v) is 11.1. The van der Waals surface area contributed by atoms with Gasteiger partial charge in [0.1, 0.15) is 0 Å². The van der Waals surface area contributed by atoms with Gasteiger partial charge < -0.3 is 4.90 Å². The third kappa shape index (κ3) is 6.56. The smallest absolute Gasteiger partial charge is 0.0540 e. The summed E-state index contributed by atoms with van der Waals surface area (Å²) >= 11 is 0. The molecule has 0 radical (unpaired) electrons. The highest BCUT2D eigenvalue weighted by Crippen LogP contribution is 2.44. The van der Waals surface area contributed by atoms with Crippen molar-refractivity contribution in [3.63, 3.8) is 0 Å². The Hall–Kier alpha value is -7.48. The van der Waals surface area contributed by atoms with Crippen LogP contribution in [-0.2, 0) is 0 Å². The molecule has 0 heterocycles. The highest BCUT2D eigenvalue weighted by molar-refractivity contribution is 6.04. The van der Waals surface area contributed by atoms with Crippen LogP contribution in [-0.4, -0.2) is 0 Å². The molecule has 0 aliphatic rings. The molecule has 10 aromatic carbocycles. The number of rotatable bonds is 8. The van der Waals surface area contributed by atoms with Gasteiger partial charge in [-0.15, -0.1) is 0 Å². The molecular formula is C56H39N. The van der Waals surface area contributed by atoms with E-state index < -0.39 is 0 Å². The number of benzene rings is 10. The van der Waals surface area contributed by atoms with Crippen molar-refractivity contribution in [2.24, 2.45) is 0 Å². The predicted octanol–water partition coefficient (Wildman–Crippen LogP) is 15.8. The molecule has 0 spiro atoms. The zero-order chi connectivity index (χ0) is 38.0. The summed E-state index contributed by atoms with van der Waals surface area (Å²) in [6.07, 6.45) is 0. The summed E-state index contributed by atoms with van der Waals surface area (Å²) in [7, 11) is 0. The van der Waals surface area contributed by atoms with Crippen LogP contribution >= 0.6 is 0 Å². The molecule has 0 N–H and O–H groups in total. The van der Waals surface area contributed by atoms with Crippen LogP contribution in [0.15, 0.2) is 237 Å². The van der Waals surface area contributed by atoms with Gasteiger partial charge in [0, 0.05) is 16.9 Å². The van der Waals surface area contributed by atoms with Crippen molar-refractivity contribution in [3.8, 4) is 55.6 Å². The van der Waals surface area contributed by atoms with Gasteiger partial charge in [-0.2, -0.15) is 0 Å². The van der Waals surface area contributed by atoms with Crippen LogP contribution in [0.25, 0.3) is 77.2 Å². The van der Waals surface area contributed by atoms with Crippen molar-refractivity contribution in [2.75, 3.05) is 4.90 Å². The molecule has 0 bridgehead atoms. The summed E-state index contributed by atoms with van der Waals surface area (Å²) in [6.45, 7) is 0. The minimum Gasteiger partial charge on any atom is -0.310 e. The normalized spacial score (nSPS) is 11.2. The third-order valence-electron chi connectivity index (χ3n) is 11.1. The van der Waals surface area contributed by atoms with Gasteiger partial charge in [-0.25, -0.2) is 0 Å². The number of para-hydroxylation sites is 1. The lowest BCUT2D eigenvalue weighted by Crippen LogP contribution is -2.11.